The molecule has 8 nitrogen and oxygen atoms in total. The first-order valence-corrected chi connectivity index (χ1v) is 9.59. The molecule has 3 heterocycles. The highest BCUT2D eigenvalue weighted by Crippen LogP contribution is 2.21. The lowest BCUT2D eigenvalue weighted by atomic mass is 10.3. The van der Waals surface area contributed by atoms with E-state index in [0.29, 0.717) is 39.4 Å². The molecule has 0 amide bonds. The zero-order valence-electron chi connectivity index (χ0n) is 13.4. The predicted octanol–water partition coefficient (Wildman–Crippen LogP) is -0.215. The van der Waals surface area contributed by atoms with Crippen LogP contribution >= 0.6 is 0 Å². The van der Waals surface area contributed by atoms with Crippen LogP contribution in [0.25, 0.3) is 0 Å². The fraction of sp³-hybridized carbons (Fsp3) is 0.714. The van der Waals surface area contributed by atoms with E-state index in [9.17, 15) is 8.42 Å². The van der Waals surface area contributed by atoms with Crippen molar-refractivity contribution in [2.24, 2.45) is 0 Å². The fourth-order valence-electron chi connectivity index (χ4n) is 2.87. The molecule has 0 bridgehead atoms. The lowest BCUT2D eigenvalue weighted by Gasteiger charge is -2.35. The van der Waals surface area contributed by atoms with Crippen LogP contribution < -0.4 is 9.80 Å². The number of nitrogens with zero attached hydrogens (tertiary/aromatic N) is 5. The summed E-state index contributed by atoms with van der Waals surface area (Å²) >= 11 is 0. The van der Waals surface area contributed by atoms with Gasteiger partial charge in [-0.3, -0.25) is 0 Å². The number of piperazine rings is 1. The number of rotatable bonds is 4. The minimum Gasteiger partial charge on any atom is -0.378 e. The Bertz CT molecular complexity index is 625. The van der Waals surface area contributed by atoms with Gasteiger partial charge in [0.15, 0.2) is 5.82 Å². The molecule has 2 fully saturated rings. The molecule has 128 valence electrons. The number of morpholine rings is 1. The highest BCUT2D eigenvalue weighted by Gasteiger charge is 2.26. The fourth-order valence-corrected chi connectivity index (χ4v) is 3.96. The second kappa shape index (κ2) is 6.98. The summed E-state index contributed by atoms with van der Waals surface area (Å²) in [6, 6.07) is 2.03. The molecule has 9 heteroatoms. The lowest BCUT2D eigenvalue weighted by Crippen LogP contribution is -2.49. The maximum absolute atomic E-state index is 11.9. The van der Waals surface area contributed by atoms with Crippen molar-refractivity contribution in [1.82, 2.24) is 14.5 Å². The van der Waals surface area contributed by atoms with Crippen LogP contribution in [-0.2, 0) is 14.8 Å². The standard InChI is InChI=1S/C14H23N5O3S/c1-2-23(20,21)19-5-3-17(4-6-19)13-11-14(16-15-12-13)18-7-9-22-10-8-18/h11-12H,2-10H2,1H3. The molecular weight excluding hydrogens is 318 g/mol. The average Bonchev–Trinajstić information content (AvgIpc) is 2.63. The summed E-state index contributed by atoms with van der Waals surface area (Å²) in [7, 11) is -3.10. The van der Waals surface area contributed by atoms with E-state index in [0.717, 1.165) is 24.6 Å². The molecule has 23 heavy (non-hydrogen) atoms. The van der Waals surface area contributed by atoms with Crippen LogP contribution in [0.3, 0.4) is 0 Å². The molecule has 3 rings (SSSR count). The van der Waals surface area contributed by atoms with Gasteiger partial charge in [-0.15, -0.1) is 5.10 Å². The Morgan fingerprint density at radius 2 is 1.78 bits per heavy atom. The minimum atomic E-state index is -3.10. The molecule has 0 unspecified atom stereocenters. The van der Waals surface area contributed by atoms with Crippen molar-refractivity contribution in [2.45, 2.75) is 6.92 Å². The monoisotopic (exact) mass is 341 g/mol. The molecular formula is C14H23N5O3S. The number of sulfonamides is 1. The second-order valence-electron chi connectivity index (χ2n) is 5.66. The first-order valence-electron chi connectivity index (χ1n) is 7.98. The maximum atomic E-state index is 11.9. The Balaban J connectivity index is 1.66. The van der Waals surface area contributed by atoms with E-state index in [1.165, 1.54) is 0 Å². The quantitative estimate of drug-likeness (QED) is 0.749. The zero-order valence-corrected chi connectivity index (χ0v) is 14.2. The van der Waals surface area contributed by atoms with Gasteiger partial charge in [-0.2, -0.15) is 9.40 Å². The Kier molecular flexibility index (Phi) is 4.98. The number of aromatic nitrogens is 2. The predicted molar refractivity (Wildman–Crippen MR) is 88.3 cm³/mol. The smallest absolute Gasteiger partial charge is 0.213 e. The molecule has 0 spiro atoms. The van der Waals surface area contributed by atoms with Crippen LogP contribution in [0, 0.1) is 0 Å². The maximum Gasteiger partial charge on any atom is 0.213 e. The van der Waals surface area contributed by atoms with Crippen LogP contribution in [0.15, 0.2) is 12.3 Å². The van der Waals surface area contributed by atoms with E-state index in [4.69, 9.17) is 4.74 Å². The third-order valence-electron chi connectivity index (χ3n) is 4.32. The minimum absolute atomic E-state index is 0.158. The van der Waals surface area contributed by atoms with E-state index in [1.54, 1.807) is 17.4 Å². The molecule has 0 atom stereocenters. The molecule has 1 aromatic rings. The lowest BCUT2D eigenvalue weighted by molar-refractivity contribution is 0.122. The topological polar surface area (TPSA) is 78.9 Å². The largest absolute Gasteiger partial charge is 0.378 e. The molecule has 2 saturated heterocycles. The second-order valence-corrected chi connectivity index (χ2v) is 7.92. The van der Waals surface area contributed by atoms with Crippen molar-refractivity contribution >= 4 is 21.5 Å². The average molecular weight is 341 g/mol. The van der Waals surface area contributed by atoms with Crippen LogP contribution in [0.5, 0.6) is 0 Å². The van der Waals surface area contributed by atoms with E-state index in [2.05, 4.69) is 20.0 Å². The normalized spacial score (nSPS) is 20.7. The van der Waals surface area contributed by atoms with Gasteiger partial charge in [-0.05, 0) is 6.92 Å². The van der Waals surface area contributed by atoms with Gasteiger partial charge in [-0.25, -0.2) is 8.42 Å². The number of ether oxygens (including phenoxy) is 1. The van der Waals surface area contributed by atoms with Crippen molar-refractivity contribution in [2.75, 3.05) is 68.0 Å². The molecule has 1 aromatic heterocycles. The van der Waals surface area contributed by atoms with Gasteiger partial charge >= 0.3 is 0 Å². The van der Waals surface area contributed by atoms with Gasteiger partial charge in [0.2, 0.25) is 10.0 Å². The number of hydrogen-bond donors (Lipinski definition) is 0. The third kappa shape index (κ3) is 3.73. The molecule has 0 N–H and O–H groups in total. The van der Waals surface area contributed by atoms with E-state index in [1.807, 2.05) is 6.07 Å². The molecule has 0 saturated carbocycles. The first-order chi connectivity index (χ1) is 11.1. The van der Waals surface area contributed by atoms with Crippen molar-refractivity contribution < 1.29 is 13.2 Å². The summed E-state index contributed by atoms with van der Waals surface area (Å²) in [6.45, 7) is 7.13. The highest BCUT2D eigenvalue weighted by atomic mass is 32.2. The summed E-state index contributed by atoms with van der Waals surface area (Å²) in [5.74, 6) is 1.01. The summed E-state index contributed by atoms with van der Waals surface area (Å²) in [5, 5.41) is 8.33. The summed E-state index contributed by atoms with van der Waals surface area (Å²) in [5.41, 5.74) is 0.995. The molecule has 0 radical (unpaired) electrons. The van der Waals surface area contributed by atoms with Crippen molar-refractivity contribution in [3.8, 4) is 0 Å². The molecule has 0 aromatic carbocycles. The zero-order chi connectivity index (χ0) is 16.3. The SMILES string of the molecule is CCS(=O)(=O)N1CCN(c2cnnc(N3CCOCC3)c2)CC1. The van der Waals surface area contributed by atoms with Crippen LogP contribution in [-0.4, -0.2) is 81.2 Å². The van der Waals surface area contributed by atoms with Gasteiger partial charge in [-0.1, -0.05) is 0 Å². The van der Waals surface area contributed by atoms with Gasteiger partial charge in [0.05, 0.1) is 30.9 Å². The van der Waals surface area contributed by atoms with E-state index in [-0.39, 0.29) is 5.75 Å². The molecule has 2 aliphatic rings. The molecule has 0 aliphatic carbocycles. The van der Waals surface area contributed by atoms with Gasteiger partial charge in [0.1, 0.15) is 0 Å². The van der Waals surface area contributed by atoms with E-state index < -0.39 is 10.0 Å². The number of anilines is 2. The first kappa shape index (κ1) is 16.4. The van der Waals surface area contributed by atoms with Crippen LogP contribution in [0.2, 0.25) is 0 Å². The van der Waals surface area contributed by atoms with E-state index >= 15 is 0 Å². The third-order valence-corrected chi connectivity index (χ3v) is 6.21. The van der Waals surface area contributed by atoms with Gasteiger partial charge in [0.25, 0.3) is 0 Å². The van der Waals surface area contributed by atoms with Gasteiger partial charge in [0, 0.05) is 45.3 Å². The highest BCUT2D eigenvalue weighted by molar-refractivity contribution is 7.89. The van der Waals surface area contributed by atoms with Gasteiger partial charge < -0.3 is 14.5 Å². The Hall–Kier alpha value is -1.45. The Morgan fingerprint density at radius 3 is 2.43 bits per heavy atom. The summed E-state index contributed by atoms with van der Waals surface area (Å²) in [4.78, 5) is 4.33. The van der Waals surface area contributed by atoms with Crippen molar-refractivity contribution in [3.05, 3.63) is 12.3 Å². The molecule has 2 aliphatic heterocycles. The van der Waals surface area contributed by atoms with Crippen molar-refractivity contribution in [1.29, 1.82) is 0 Å². The Morgan fingerprint density at radius 1 is 1.09 bits per heavy atom. The van der Waals surface area contributed by atoms with Crippen LogP contribution in [0.4, 0.5) is 11.5 Å². The van der Waals surface area contributed by atoms with Crippen LogP contribution in [0.1, 0.15) is 6.92 Å². The Labute approximate surface area is 137 Å². The summed E-state index contributed by atoms with van der Waals surface area (Å²) in [6.07, 6.45) is 1.74. The summed E-state index contributed by atoms with van der Waals surface area (Å²) < 4.78 is 30.8. The number of hydrogen-bond acceptors (Lipinski definition) is 7. The van der Waals surface area contributed by atoms with Crippen molar-refractivity contribution in [3.63, 3.8) is 0 Å².